The Bertz CT molecular complexity index is 737. The van der Waals surface area contributed by atoms with Gasteiger partial charge in [-0.05, 0) is 30.0 Å². The molecule has 0 fully saturated rings. The Kier molecular flexibility index (Phi) is 12.0. The van der Waals surface area contributed by atoms with Gasteiger partial charge in [0.2, 0.25) is 31.4 Å². The molecule has 0 radical (unpaired) electrons. The smallest absolute Gasteiger partial charge is 0.243 e. The van der Waals surface area contributed by atoms with Gasteiger partial charge in [0.15, 0.2) is 0 Å². The number of carbonyl (C=O) groups excluding carboxylic acids is 4. The van der Waals surface area contributed by atoms with Crippen LogP contribution in [0.3, 0.4) is 0 Å². The molecular formula is C22H34BN3O5. The Morgan fingerprint density at radius 2 is 1.68 bits per heavy atom. The van der Waals surface area contributed by atoms with E-state index < -0.39 is 6.04 Å². The maximum atomic E-state index is 12.5. The zero-order chi connectivity index (χ0) is 23.2. The summed E-state index contributed by atoms with van der Waals surface area (Å²) in [5, 5.41) is 8.05. The van der Waals surface area contributed by atoms with E-state index >= 15 is 0 Å². The van der Waals surface area contributed by atoms with Crippen LogP contribution in [-0.2, 0) is 25.7 Å². The number of hydrogen-bond donors (Lipinski definition) is 3. The van der Waals surface area contributed by atoms with E-state index in [0.717, 1.165) is 31.2 Å². The van der Waals surface area contributed by atoms with E-state index in [1.807, 2.05) is 13.8 Å². The van der Waals surface area contributed by atoms with E-state index in [9.17, 15) is 19.2 Å². The van der Waals surface area contributed by atoms with Gasteiger partial charge in [-0.1, -0.05) is 52.2 Å². The van der Waals surface area contributed by atoms with Crippen molar-refractivity contribution in [1.82, 2.24) is 10.6 Å². The Morgan fingerprint density at radius 1 is 1.00 bits per heavy atom. The molecule has 8 nitrogen and oxygen atoms in total. The molecule has 1 aromatic carbocycles. The Balaban J connectivity index is 2.46. The van der Waals surface area contributed by atoms with Crippen molar-refractivity contribution >= 4 is 37.1 Å². The number of unbranched alkanes of at least 4 members (excludes halogenated alkanes) is 3. The zero-order valence-electron chi connectivity index (χ0n) is 19.0. The molecule has 1 rings (SSSR count). The van der Waals surface area contributed by atoms with Gasteiger partial charge in [-0.3, -0.25) is 19.2 Å². The van der Waals surface area contributed by atoms with Crippen LogP contribution in [0.25, 0.3) is 0 Å². The lowest BCUT2D eigenvalue weighted by Gasteiger charge is -2.21. The Morgan fingerprint density at radius 3 is 2.26 bits per heavy atom. The normalized spacial score (nSPS) is 11.5. The van der Waals surface area contributed by atoms with Gasteiger partial charge in [-0.15, -0.1) is 0 Å². The fraction of sp³-hybridized carbons (Fsp3) is 0.545. The molecule has 9 heteroatoms. The number of nitrogens with one attached hydrogen (secondary N) is 3. The second-order valence-corrected chi connectivity index (χ2v) is 7.84. The molecule has 31 heavy (non-hydrogen) atoms. The van der Waals surface area contributed by atoms with Crippen LogP contribution >= 0.6 is 0 Å². The number of benzene rings is 1. The molecule has 0 saturated carbocycles. The van der Waals surface area contributed by atoms with E-state index in [4.69, 9.17) is 4.74 Å². The maximum Gasteiger partial charge on any atom is 0.243 e. The first-order valence-corrected chi connectivity index (χ1v) is 10.8. The van der Waals surface area contributed by atoms with Crippen molar-refractivity contribution < 1.29 is 23.9 Å². The molecule has 0 spiro atoms. The Labute approximate surface area is 185 Å². The standard InChI is InChI=1S/C22H34BN3O5/c1-4-5-6-7-8-18(27)26-20(15(2)3)21(29)24-13-19(28)25-17-11-9-16(10-12-17)14-31-22(23)30/h9-12,15,20H,4-8,13-14,23H2,1-3H3,(H,24,29)(H,25,28)(H,26,27). The highest BCUT2D eigenvalue weighted by molar-refractivity contribution is 6.55. The summed E-state index contributed by atoms with van der Waals surface area (Å²) in [5.41, 5.74) is 1.36. The predicted octanol–water partition coefficient (Wildman–Crippen LogP) is 2.12. The van der Waals surface area contributed by atoms with Gasteiger partial charge in [-0.2, -0.15) is 0 Å². The summed E-state index contributed by atoms with van der Waals surface area (Å²) in [6, 6.07) is 6.17. The van der Waals surface area contributed by atoms with Crippen LogP contribution in [0.15, 0.2) is 24.3 Å². The van der Waals surface area contributed by atoms with Crippen molar-refractivity contribution in [3.63, 3.8) is 0 Å². The predicted molar refractivity (Wildman–Crippen MR) is 122 cm³/mol. The summed E-state index contributed by atoms with van der Waals surface area (Å²) >= 11 is 0. The van der Waals surface area contributed by atoms with Gasteiger partial charge < -0.3 is 20.7 Å². The molecule has 1 unspecified atom stereocenters. The van der Waals surface area contributed by atoms with Crippen LogP contribution in [0.4, 0.5) is 10.5 Å². The summed E-state index contributed by atoms with van der Waals surface area (Å²) in [6.45, 7) is 5.76. The van der Waals surface area contributed by atoms with Crippen molar-refractivity contribution in [3.05, 3.63) is 29.8 Å². The summed E-state index contributed by atoms with van der Waals surface area (Å²) in [7, 11) is 1.34. The van der Waals surface area contributed by atoms with E-state index in [1.165, 1.54) is 7.85 Å². The highest BCUT2D eigenvalue weighted by Gasteiger charge is 2.24. The van der Waals surface area contributed by atoms with Crippen molar-refractivity contribution in [2.75, 3.05) is 11.9 Å². The van der Waals surface area contributed by atoms with Crippen LogP contribution in [0.2, 0.25) is 0 Å². The first-order valence-electron chi connectivity index (χ1n) is 10.8. The monoisotopic (exact) mass is 431 g/mol. The van der Waals surface area contributed by atoms with Gasteiger partial charge in [0.05, 0.1) is 6.54 Å². The summed E-state index contributed by atoms with van der Waals surface area (Å²) in [4.78, 5) is 47.6. The topological polar surface area (TPSA) is 114 Å². The van der Waals surface area contributed by atoms with Crippen LogP contribution in [0, 0.1) is 5.92 Å². The van der Waals surface area contributed by atoms with Gasteiger partial charge in [-0.25, -0.2) is 0 Å². The minimum atomic E-state index is -0.688. The molecule has 0 aliphatic heterocycles. The maximum absolute atomic E-state index is 12.5. The average Bonchev–Trinajstić information content (AvgIpc) is 2.72. The van der Waals surface area contributed by atoms with Gasteiger partial charge in [0.25, 0.3) is 0 Å². The molecule has 3 amide bonds. The zero-order valence-corrected chi connectivity index (χ0v) is 19.0. The molecule has 0 saturated heterocycles. The van der Waals surface area contributed by atoms with Crippen molar-refractivity contribution in [2.45, 2.75) is 65.5 Å². The number of rotatable bonds is 13. The minimum Gasteiger partial charge on any atom is -0.469 e. The number of carbonyl (C=O) groups is 4. The molecule has 0 aromatic heterocycles. The molecule has 3 N–H and O–H groups in total. The molecule has 1 aromatic rings. The lowest BCUT2D eigenvalue weighted by Crippen LogP contribution is -2.51. The molecule has 170 valence electrons. The van der Waals surface area contributed by atoms with E-state index in [1.54, 1.807) is 24.3 Å². The number of anilines is 1. The van der Waals surface area contributed by atoms with Gasteiger partial charge in [0.1, 0.15) is 12.6 Å². The molecular weight excluding hydrogens is 397 g/mol. The Hall–Kier alpha value is -2.84. The number of amides is 3. The first-order chi connectivity index (χ1) is 14.7. The van der Waals surface area contributed by atoms with Crippen LogP contribution < -0.4 is 16.0 Å². The quantitative estimate of drug-likeness (QED) is 0.327. The van der Waals surface area contributed by atoms with Crippen molar-refractivity contribution in [3.8, 4) is 0 Å². The van der Waals surface area contributed by atoms with Gasteiger partial charge >= 0.3 is 0 Å². The van der Waals surface area contributed by atoms with E-state index in [-0.39, 0.29) is 42.7 Å². The molecule has 0 aliphatic carbocycles. The second kappa shape index (κ2) is 14.2. The lowest BCUT2D eigenvalue weighted by atomic mass is 10.0. The van der Waals surface area contributed by atoms with Gasteiger partial charge in [0, 0.05) is 12.1 Å². The van der Waals surface area contributed by atoms with E-state index in [0.29, 0.717) is 12.1 Å². The highest BCUT2D eigenvalue weighted by Crippen LogP contribution is 2.10. The minimum absolute atomic E-state index is 0.104. The largest absolute Gasteiger partial charge is 0.469 e. The summed E-state index contributed by atoms with van der Waals surface area (Å²) < 4.78 is 4.91. The number of hydrogen-bond acceptors (Lipinski definition) is 5. The molecule has 0 bridgehead atoms. The van der Waals surface area contributed by atoms with Crippen molar-refractivity contribution in [1.29, 1.82) is 0 Å². The molecule has 0 aliphatic rings. The van der Waals surface area contributed by atoms with Crippen LogP contribution in [-0.4, -0.2) is 44.0 Å². The second-order valence-electron chi connectivity index (χ2n) is 7.84. The third-order valence-corrected chi connectivity index (χ3v) is 4.63. The fourth-order valence-electron chi connectivity index (χ4n) is 2.84. The summed E-state index contributed by atoms with van der Waals surface area (Å²) in [6.07, 6.45) is 4.37. The lowest BCUT2D eigenvalue weighted by molar-refractivity contribution is -0.130. The third-order valence-electron chi connectivity index (χ3n) is 4.63. The first kappa shape index (κ1) is 26.2. The summed E-state index contributed by atoms with van der Waals surface area (Å²) in [5.74, 6) is -1.38. The average molecular weight is 431 g/mol. The molecule has 1 atom stereocenters. The van der Waals surface area contributed by atoms with Crippen molar-refractivity contribution in [2.24, 2.45) is 5.92 Å². The highest BCUT2D eigenvalue weighted by atomic mass is 16.5. The molecule has 0 heterocycles. The SMILES string of the molecule is BC(=O)OCc1ccc(NC(=O)CNC(=O)C(NC(=O)CCCCCC)C(C)C)cc1. The van der Waals surface area contributed by atoms with Crippen LogP contribution in [0.5, 0.6) is 0 Å². The third kappa shape index (κ3) is 11.2. The number of ether oxygens (including phenoxy) is 1. The van der Waals surface area contributed by atoms with Crippen LogP contribution in [0.1, 0.15) is 58.4 Å². The van der Waals surface area contributed by atoms with E-state index in [2.05, 4.69) is 22.9 Å². The fourth-order valence-corrected chi connectivity index (χ4v) is 2.84.